The van der Waals surface area contributed by atoms with E-state index in [1.807, 2.05) is 0 Å². The van der Waals surface area contributed by atoms with Gasteiger partial charge in [0.15, 0.2) is 11.5 Å². The summed E-state index contributed by atoms with van der Waals surface area (Å²) in [6.07, 6.45) is 5.59. The van der Waals surface area contributed by atoms with Gasteiger partial charge in [0.05, 0.1) is 18.1 Å². The largest absolute Gasteiger partial charge is 0.490 e. The number of aryl methyl sites for hydroxylation is 1. The Balaban J connectivity index is 1.39. The molecule has 0 saturated carbocycles. The summed E-state index contributed by atoms with van der Waals surface area (Å²) in [5.41, 5.74) is 0. The van der Waals surface area contributed by atoms with Crippen molar-refractivity contribution in [2.45, 2.75) is 69.9 Å². The van der Waals surface area contributed by atoms with E-state index in [1.54, 1.807) is 19.9 Å². The van der Waals surface area contributed by atoms with Crippen molar-refractivity contribution >= 4 is 15.9 Å². The fraction of sp³-hybridized carbons (Fsp3) is 0.609. The number of hydrogen-bond acceptors (Lipinski definition) is 7. The molecule has 0 fully saturated rings. The zero-order valence-electron chi connectivity index (χ0n) is 19.7. The third-order valence-electron chi connectivity index (χ3n) is 6.09. The van der Waals surface area contributed by atoms with Crippen LogP contribution in [0.3, 0.4) is 0 Å². The Morgan fingerprint density at radius 1 is 1.09 bits per heavy atom. The van der Waals surface area contributed by atoms with Crippen molar-refractivity contribution in [2.24, 2.45) is 5.92 Å². The maximum atomic E-state index is 13.1. The van der Waals surface area contributed by atoms with E-state index in [0.29, 0.717) is 37.7 Å². The fourth-order valence-electron chi connectivity index (χ4n) is 4.18. The van der Waals surface area contributed by atoms with Gasteiger partial charge in [-0.3, -0.25) is 4.79 Å². The third-order valence-corrected chi connectivity index (χ3v) is 7.53. The smallest absolute Gasteiger partial charge is 0.241 e. The third kappa shape index (κ3) is 5.69. The van der Waals surface area contributed by atoms with Crippen LogP contribution >= 0.6 is 0 Å². The van der Waals surface area contributed by atoms with Crippen LogP contribution in [0.1, 0.15) is 51.2 Å². The Kier molecular flexibility index (Phi) is 7.72. The minimum Gasteiger partial charge on any atom is -0.490 e. The second kappa shape index (κ2) is 10.7. The number of nitrogens with one attached hydrogen (secondary N) is 2. The molecule has 1 amide bonds. The molecular formula is C23H33N5O5S. The Hall–Kier alpha value is -2.66. The van der Waals surface area contributed by atoms with Gasteiger partial charge in [0, 0.05) is 38.4 Å². The number of ether oxygens (including phenoxy) is 2. The number of rotatable bonds is 8. The van der Waals surface area contributed by atoms with Crippen LogP contribution in [-0.2, 0) is 34.2 Å². The summed E-state index contributed by atoms with van der Waals surface area (Å²) in [5, 5.41) is 11.4. The average molecular weight is 492 g/mol. The molecular weight excluding hydrogens is 458 g/mol. The number of aromatic nitrogens is 3. The molecule has 0 aliphatic carbocycles. The van der Waals surface area contributed by atoms with Gasteiger partial charge < -0.3 is 19.4 Å². The van der Waals surface area contributed by atoms with Gasteiger partial charge in [-0.15, -0.1) is 10.2 Å². The van der Waals surface area contributed by atoms with E-state index in [-0.39, 0.29) is 16.7 Å². The molecule has 1 atom stereocenters. The molecule has 0 saturated heterocycles. The standard InChI is InChI=1S/C23H33N5O5S/c1-16(2)22(23(29)24-11-10-21-26-25-20-7-4-3-5-12-28(20)21)27-34(30,31)17-8-9-18-19(15-17)33-14-6-13-32-18/h8-9,15-16,22,27H,3-7,10-14H2,1-2H3,(H,24,29). The normalized spacial score (nSPS) is 16.9. The lowest BCUT2D eigenvalue weighted by atomic mass is 10.1. The summed E-state index contributed by atoms with van der Waals surface area (Å²) in [6.45, 7) is 5.83. The van der Waals surface area contributed by atoms with Gasteiger partial charge in [0.25, 0.3) is 0 Å². The monoisotopic (exact) mass is 491 g/mol. The molecule has 0 bridgehead atoms. The highest BCUT2D eigenvalue weighted by molar-refractivity contribution is 7.89. The Morgan fingerprint density at radius 2 is 1.88 bits per heavy atom. The number of carbonyl (C=O) groups excluding carboxylic acids is 1. The molecule has 10 nitrogen and oxygen atoms in total. The van der Waals surface area contributed by atoms with Crippen molar-refractivity contribution in [2.75, 3.05) is 19.8 Å². The molecule has 2 N–H and O–H groups in total. The molecule has 1 unspecified atom stereocenters. The molecule has 186 valence electrons. The predicted molar refractivity (Wildman–Crippen MR) is 125 cm³/mol. The molecule has 4 rings (SSSR count). The van der Waals surface area contributed by atoms with Crippen LogP contribution in [0.25, 0.3) is 0 Å². The lowest BCUT2D eigenvalue weighted by Crippen LogP contribution is -2.50. The summed E-state index contributed by atoms with van der Waals surface area (Å²) in [4.78, 5) is 12.9. The van der Waals surface area contributed by atoms with E-state index in [0.717, 1.165) is 43.9 Å². The Morgan fingerprint density at radius 3 is 2.68 bits per heavy atom. The maximum Gasteiger partial charge on any atom is 0.241 e. The molecule has 0 spiro atoms. The van der Waals surface area contributed by atoms with Crippen LogP contribution in [0.2, 0.25) is 0 Å². The SMILES string of the molecule is CC(C)C(NS(=O)(=O)c1ccc2c(c1)OCCCO2)C(=O)NCCc1nnc2n1CCCCC2. The van der Waals surface area contributed by atoms with Crippen molar-refractivity contribution in [3.63, 3.8) is 0 Å². The second-order valence-electron chi connectivity index (χ2n) is 9.04. The quantitative estimate of drug-likeness (QED) is 0.577. The predicted octanol–water partition coefficient (Wildman–Crippen LogP) is 1.83. The van der Waals surface area contributed by atoms with Gasteiger partial charge in [-0.05, 0) is 30.9 Å². The number of hydrogen-bond donors (Lipinski definition) is 2. The second-order valence-corrected chi connectivity index (χ2v) is 10.8. The summed E-state index contributed by atoms with van der Waals surface area (Å²) < 4.78 is 42.0. The molecule has 3 heterocycles. The van der Waals surface area contributed by atoms with Crippen molar-refractivity contribution < 1.29 is 22.7 Å². The summed E-state index contributed by atoms with van der Waals surface area (Å²) in [6, 6.07) is 3.56. The van der Waals surface area contributed by atoms with Gasteiger partial charge >= 0.3 is 0 Å². The lowest BCUT2D eigenvalue weighted by Gasteiger charge is -2.22. The number of amides is 1. The molecule has 11 heteroatoms. The van der Waals surface area contributed by atoms with Crippen LogP contribution in [0, 0.1) is 5.92 Å². The first-order valence-electron chi connectivity index (χ1n) is 12.0. The molecule has 2 aliphatic rings. The van der Waals surface area contributed by atoms with E-state index in [9.17, 15) is 13.2 Å². The molecule has 34 heavy (non-hydrogen) atoms. The number of sulfonamides is 1. The van der Waals surface area contributed by atoms with E-state index in [1.165, 1.54) is 18.6 Å². The van der Waals surface area contributed by atoms with Crippen LogP contribution in [0.15, 0.2) is 23.1 Å². The molecule has 2 aromatic rings. The summed E-state index contributed by atoms with van der Waals surface area (Å²) in [5.74, 6) is 2.13. The number of carbonyl (C=O) groups is 1. The van der Waals surface area contributed by atoms with Crippen LogP contribution in [-0.4, -0.2) is 54.9 Å². The molecule has 1 aromatic heterocycles. The molecule has 0 radical (unpaired) electrons. The van der Waals surface area contributed by atoms with Gasteiger partial charge in [0.1, 0.15) is 17.7 Å². The van der Waals surface area contributed by atoms with E-state index in [4.69, 9.17) is 9.47 Å². The zero-order chi connectivity index (χ0) is 24.1. The first-order valence-corrected chi connectivity index (χ1v) is 13.4. The average Bonchev–Trinajstić information content (AvgIpc) is 2.99. The molecule has 2 aliphatic heterocycles. The minimum atomic E-state index is -3.95. The van der Waals surface area contributed by atoms with E-state index in [2.05, 4.69) is 24.8 Å². The molecule has 1 aromatic carbocycles. The van der Waals surface area contributed by atoms with Crippen molar-refractivity contribution in [1.82, 2.24) is 24.8 Å². The highest BCUT2D eigenvalue weighted by Gasteiger charge is 2.29. The first-order chi connectivity index (χ1) is 16.3. The van der Waals surface area contributed by atoms with E-state index >= 15 is 0 Å². The summed E-state index contributed by atoms with van der Waals surface area (Å²) >= 11 is 0. The van der Waals surface area contributed by atoms with Crippen LogP contribution in [0.5, 0.6) is 11.5 Å². The maximum absolute atomic E-state index is 13.1. The zero-order valence-corrected chi connectivity index (χ0v) is 20.6. The van der Waals surface area contributed by atoms with Crippen molar-refractivity contribution in [3.05, 3.63) is 29.8 Å². The minimum absolute atomic E-state index is 0.0290. The first kappa shape index (κ1) is 24.5. The number of benzene rings is 1. The van der Waals surface area contributed by atoms with Crippen molar-refractivity contribution in [1.29, 1.82) is 0 Å². The van der Waals surface area contributed by atoms with Crippen LogP contribution < -0.4 is 19.5 Å². The Bertz CT molecular complexity index is 1110. The topological polar surface area (TPSA) is 124 Å². The number of nitrogens with zero attached hydrogens (tertiary/aromatic N) is 3. The van der Waals surface area contributed by atoms with Crippen molar-refractivity contribution in [3.8, 4) is 11.5 Å². The highest BCUT2D eigenvalue weighted by atomic mass is 32.2. The van der Waals surface area contributed by atoms with Gasteiger partial charge in [0.2, 0.25) is 15.9 Å². The highest BCUT2D eigenvalue weighted by Crippen LogP contribution is 2.32. The lowest BCUT2D eigenvalue weighted by molar-refractivity contribution is -0.123. The number of fused-ring (bicyclic) bond motifs is 2. The fourth-order valence-corrected chi connectivity index (χ4v) is 5.53. The Labute approximate surface area is 200 Å². The summed E-state index contributed by atoms with van der Waals surface area (Å²) in [7, 11) is -3.95. The van der Waals surface area contributed by atoms with Gasteiger partial charge in [-0.25, -0.2) is 8.42 Å². The van der Waals surface area contributed by atoms with Crippen LogP contribution in [0.4, 0.5) is 0 Å². The van der Waals surface area contributed by atoms with Gasteiger partial charge in [-0.1, -0.05) is 20.3 Å². The van der Waals surface area contributed by atoms with E-state index < -0.39 is 16.1 Å². The van der Waals surface area contributed by atoms with Gasteiger partial charge in [-0.2, -0.15) is 4.72 Å².